The highest BCUT2D eigenvalue weighted by atomic mass is 16.5. The zero-order valence-electron chi connectivity index (χ0n) is 20.4. The van der Waals surface area contributed by atoms with Crippen LogP contribution in [0.1, 0.15) is 78.7 Å². The number of carbonyl (C=O) groups excluding carboxylic acids is 1. The van der Waals surface area contributed by atoms with Crippen LogP contribution >= 0.6 is 0 Å². The molecule has 3 heterocycles. The van der Waals surface area contributed by atoms with Gasteiger partial charge in [-0.15, -0.1) is 0 Å². The van der Waals surface area contributed by atoms with E-state index >= 15 is 0 Å². The monoisotopic (exact) mass is 466 g/mol. The van der Waals surface area contributed by atoms with E-state index in [-0.39, 0.29) is 5.91 Å². The van der Waals surface area contributed by atoms with Crippen LogP contribution in [0, 0.1) is 0 Å². The van der Waals surface area contributed by atoms with Gasteiger partial charge in [-0.05, 0) is 43.4 Å². The van der Waals surface area contributed by atoms with Gasteiger partial charge in [0.25, 0.3) is 5.91 Å². The van der Waals surface area contributed by atoms with Crippen LogP contribution in [0.5, 0.6) is 5.75 Å². The maximum Gasteiger partial charge on any atom is 0.274 e. The number of fused-ring (bicyclic) bond motifs is 1. The number of carbonyl (C=O) groups is 1. The number of aliphatic hydroxyl groups excluding tert-OH is 1. The van der Waals surface area contributed by atoms with Crippen LogP contribution in [0.3, 0.4) is 0 Å². The van der Waals surface area contributed by atoms with Crippen LogP contribution in [-0.4, -0.2) is 69.5 Å². The molecule has 1 atom stereocenters. The van der Waals surface area contributed by atoms with Crippen molar-refractivity contribution in [2.24, 2.45) is 0 Å². The predicted octanol–water partition coefficient (Wildman–Crippen LogP) is 3.62. The SMILES string of the molecule is COc1cccc(Cn2nc(C(=O)N3CCCC(O)C3)c3c2CCN(C2CCCCCC2)C3)c1. The lowest BCUT2D eigenvalue weighted by molar-refractivity contribution is 0.0465. The third kappa shape index (κ3) is 5.01. The number of piperidine rings is 1. The van der Waals surface area contributed by atoms with Crippen molar-refractivity contribution in [2.45, 2.75) is 83.0 Å². The Balaban J connectivity index is 1.45. The maximum atomic E-state index is 13.6. The second-order valence-electron chi connectivity index (χ2n) is 10.2. The minimum absolute atomic E-state index is 0.0258. The standard InChI is InChI=1S/C27H38N4O3/c1-34-23-12-6-8-20(16-23)17-31-25-13-15-29(21-9-4-2-3-5-10-21)19-24(25)26(28-31)27(33)30-14-7-11-22(32)18-30/h6,8,12,16,21-22,32H,2-5,7,9-11,13-15,17-19H2,1H3. The summed E-state index contributed by atoms with van der Waals surface area (Å²) in [6.45, 7) is 3.55. The van der Waals surface area contributed by atoms with Gasteiger partial charge in [0, 0.05) is 49.9 Å². The molecule has 2 aliphatic heterocycles. The Labute approximate surface area is 202 Å². The van der Waals surface area contributed by atoms with E-state index in [0.717, 1.165) is 49.2 Å². The van der Waals surface area contributed by atoms with Crippen molar-refractivity contribution in [3.63, 3.8) is 0 Å². The van der Waals surface area contributed by atoms with Gasteiger partial charge < -0.3 is 14.7 Å². The summed E-state index contributed by atoms with van der Waals surface area (Å²) >= 11 is 0. The molecule has 2 fully saturated rings. The lowest BCUT2D eigenvalue weighted by Crippen LogP contribution is -2.43. The summed E-state index contributed by atoms with van der Waals surface area (Å²) in [5.41, 5.74) is 3.99. The third-order valence-corrected chi connectivity index (χ3v) is 7.86. The molecule has 7 heteroatoms. The van der Waals surface area contributed by atoms with Crippen LogP contribution in [0.25, 0.3) is 0 Å². The number of hydrogen-bond donors (Lipinski definition) is 1. The van der Waals surface area contributed by atoms with Gasteiger partial charge in [0.15, 0.2) is 5.69 Å². The second-order valence-corrected chi connectivity index (χ2v) is 10.2. The number of aliphatic hydroxyl groups is 1. The number of likely N-dealkylation sites (tertiary alicyclic amines) is 1. The van der Waals surface area contributed by atoms with Crippen molar-refractivity contribution in [1.29, 1.82) is 0 Å². The number of rotatable bonds is 5. The molecule has 1 aromatic heterocycles. The first-order chi connectivity index (χ1) is 16.6. The molecule has 5 rings (SSSR count). The second kappa shape index (κ2) is 10.5. The molecule has 34 heavy (non-hydrogen) atoms. The normalized spacial score (nSPS) is 22.3. The summed E-state index contributed by atoms with van der Waals surface area (Å²) in [5, 5.41) is 15.1. The molecule has 1 aliphatic carbocycles. The Morgan fingerprint density at radius 3 is 2.71 bits per heavy atom. The van der Waals surface area contributed by atoms with E-state index < -0.39 is 6.10 Å². The molecule has 2 aromatic rings. The van der Waals surface area contributed by atoms with E-state index in [1.807, 2.05) is 22.9 Å². The van der Waals surface area contributed by atoms with Crippen LogP contribution in [0.2, 0.25) is 0 Å². The lowest BCUT2D eigenvalue weighted by atomic mass is 9.99. The first kappa shape index (κ1) is 23.4. The number of aromatic nitrogens is 2. The van der Waals surface area contributed by atoms with Crippen molar-refractivity contribution in [3.05, 3.63) is 46.8 Å². The summed E-state index contributed by atoms with van der Waals surface area (Å²) < 4.78 is 7.45. The van der Waals surface area contributed by atoms with Gasteiger partial charge in [-0.25, -0.2) is 0 Å². The number of ether oxygens (including phenoxy) is 1. The fraction of sp³-hybridized carbons (Fsp3) is 0.630. The number of hydrogen-bond acceptors (Lipinski definition) is 5. The zero-order chi connectivity index (χ0) is 23.5. The molecule has 3 aliphatic rings. The molecule has 1 unspecified atom stereocenters. The minimum atomic E-state index is -0.435. The zero-order valence-corrected chi connectivity index (χ0v) is 20.4. The highest BCUT2D eigenvalue weighted by Crippen LogP contribution is 2.30. The summed E-state index contributed by atoms with van der Waals surface area (Å²) in [6.07, 6.45) is 9.90. The number of methoxy groups -OCH3 is 1. The molecule has 0 radical (unpaired) electrons. The average molecular weight is 467 g/mol. The number of benzene rings is 1. The summed E-state index contributed by atoms with van der Waals surface area (Å²) in [5.74, 6) is 0.804. The van der Waals surface area contributed by atoms with Gasteiger partial charge in [0.05, 0.1) is 19.8 Å². The van der Waals surface area contributed by atoms with Crippen molar-refractivity contribution in [3.8, 4) is 5.75 Å². The summed E-state index contributed by atoms with van der Waals surface area (Å²) in [6, 6.07) is 8.68. The Bertz CT molecular complexity index is 996. The molecular formula is C27H38N4O3. The Hall–Kier alpha value is -2.38. The van der Waals surface area contributed by atoms with Gasteiger partial charge >= 0.3 is 0 Å². The third-order valence-electron chi connectivity index (χ3n) is 7.86. The molecule has 0 spiro atoms. The van der Waals surface area contributed by atoms with E-state index in [1.54, 1.807) is 12.0 Å². The van der Waals surface area contributed by atoms with E-state index in [2.05, 4.69) is 11.0 Å². The molecular weight excluding hydrogens is 428 g/mol. The van der Waals surface area contributed by atoms with Gasteiger partial charge in [0.1, 0.15) is 5.75 Å². The van der Waals surface area contributed by atoms with Crippen LogP contribution in [-0.2, 0) is 19.5 Å². The van der Waals surface area contributed by atoms with Crippen LogP contribution in [0.4, 0.5) is 0 Å². The largest absolute Gasteiger partial charge is 0.497 e. The van der Waals surface area contributed by atoms with E-state index in [9.17, 15) is 9.90 Å². The highest BCUT2D eigenvalue weighted by molar-refractivity contribution is 5.94. The summed E-state index contributed by atoms with van der Waals surface area (Å²) in [4.78, 5) is 18.0. The van der Waals surface area contributed by atoms with Crippen LogP contribution < -0.4 is 4.74 Å². The van der Waals surface area contributed by atoms with Crippen molar-refractivity contribution in [2.75, 3.05) is 26.7 Å². The minimum Gasteiger partial charge on any atom is -0.497 e. The molecule has 1 N–H and O–H groups in total. The molecule has 1 saturated heterocycles. The van der Waals surface area contributed by atoms with Crippen molar-refractivity contribution >= 4 is 5.91 Å². The van der Waals surface area contributed by atoms with E-state index in [0.29, 0.717) is 31.4 Å². The predicted molar refractivity (Wildman–Crippen MR) is 131 cm³/mol. The van der Waals surface area contributed by atoms with Crippen molar-refractivity contribution in [1.82, 2.24) is 19.6 Å². The lowest BCUT2D eigenvalue weighted by Gasteiger charge is -2.35. The van der Waals surface area contributed by atoms with Gasteiger partial charge in [-0.1, -0.05) is 37.8 Å². The number of nitrogens with zero attached hydrogens (tertiary/aromatic N) is 4. The molecule has 184 valence electrons. The quantitative estimate of drug-likeness (QED) is 0.682. The molecule has 1 amide bonds. The van der Waals surface area contributed by atoms with E-state index in [4.69, 9.17) is 9.84 Å². The first-order valence-corrected chi connectivity index (χ1v) is 13.0. The molecule has 7 nitrogen and oxygen atoms in total. The Morgan fingerprint density at radius 2 is 1.94 bits per heavy atom. The fourth-order valence-electron chi connectivity index (χ4n) is 5.98. The topological polar surface area (TPSA) is 70.8 Å². The number of β-amino-alcohol motifs (C(OH)–C–C–N with tert-alkyl or cyclic N) is 1. The average Bonchev–Trinajstić information content (AvgIpc) is 3.02. The molecule has 1 aromatic carbocycles. The highest BCUT2D eigenvalue weighted by Gasteiger charge is 2.34. The van der Waals surface area contributed by atoms with Crippen molar-refractivity contribution < 1.29 is 14.6 Å². The maximum absolute atomic E-state index is 13.6. The number of amides is 1. The summed E-state index contributed by atoms with van der Waals surface area (Å²) in [7, 11) is 1.68. The van der Waals surface area contributed by atoms with Gasteiger partial charge in [-0.2, -0.15) is 5.10 Å². The Kier molecular flexibility index (Phi) is 7.21. The fourth-order valence-corrected chi connectivity index (χ4v) is 5.98. The van der Waals surface area contributed by atoms with Crippen LogP contribution in [0.15, 0.2) is 24.3 Å². The van der Waals surface area contributed by atoms with Gasteiger partial charge in [-0.3, -0.25) is 14.4 Å². The molecule has 0 bridgehead atoms. The van der Waals surface area contributed by atoms with E-state index in [1.165, 1.54) is 44.2 Å². The molecule has 1 saturated carbocycles. The smallest absolute Gasteiger partial charge is 0.274 e. The Morgan fingerprint density at radius 1 is 1.12 bits per heavy atom. The van der Waals surface area contributed by atoms with Gasteiger partial charge in [0.2, 0.25) is 0 Å². The first-order valence-electron chi connectivity index (χ1n) is 13.0.